The lowest BCUT2D eigenvalue weighted by Crippen LogP contribution is -2.16. The van der Waals surface area contributed by atoms with Gasteiger partial charge in [-0.3, -0.25) is 15.8 Å². The van der Waals surface area contributed by atoms with E-state index in [1.807, 2.05) is 48.7 Å². The van der Waals surface area contributed by atoms with E-state index < -0.39 is 0 Å². The monoisotopic (exact) mass is 528 g/mol. The number of hydrogen-bond donors (Lipinski definition) is 2. The summed E-state index contributed by atoms with van der Waals surface area (Å²) in [7, 11) is 0. The second-order valence-corrected chi connectivity index (χ2v) is 11.3. The summed E-state index contributed by atoms with van der Waals surface area (Å²) in [5, 5.41) is 14.3. The van der Waals surface area contributed by atoms with E-state index in [0.29, 0.717) is 11.4 Å². The Bertz CT molecular complexity index is 1990. The first-order valence-electron chi connectivity index (χ1n) is 14.1. The van der Waals surface area contributed by atoms with Crippen molar-refractivity contribution in [2.24, 2.45) is 5.10 Å². The molecule has 0 bridgehead atoms. The Labute approximate surface area is 239 Å². The van der Waals surface area contributed by atoms with Gasteiger partial charge in [0.15, 0.2) is 0 Å². The quantitative estimate of drug-likeness (QED) is 0.181. The average molecular weight is 529 g/mol. The van der Waals surface area contributed by atoms with E-state index in [2.05, 4.69) is 89.2 Å². The van der Waals surface area contributed by atoms with Crippen LogP contribution in [0.4, 0.5) is 5.69 Å². The maximum atomic E-state index is 8.52. The Morgan fingerprint density at radius 3 is 2.54 bits per heavy atom. The minimum Gasteiger partial charge on any atom is -0.299 e. The largest absolute Gasteiger partial charge is 0.299 e. The Hall–Kier alpha value is -5.09. The van der Waals surface area contributed by atoms with Gasteiger partial charge in [0.1, 0.15) is 5.71 Å². The highest BCUT2D eigenvalue weighted by molar-refractivity contribution is 6.51. The molecule has 4 aromatic carbocycles. The number of pyridine rings is 1. The molecule has 8 rings (SSSR count). The van der Waals surface area contributed by atoms with Crippen molar-refractivity contribution in [3.8, 4) is 22.3 Å². The molecule has 1 unspecified atom stereocenters. The summed E-state index contributed by atoms with van der Waals surface area (Å²) >= 11 is 0. The van der Waals surface area contributed by atoms with E-state index in [-0.39, 0.29) is 5.41 Å². The molecular weight excluding hydrogens is 500 g/mol. The van der Waals surface area contributed by atoms with Crippen LogP contribution < -0.4 is 5.43 Å². The van der Waals surface area contributed by atoms with Gasteiger partial charge in [0, 0.05) is 22.6 Å². The third-order valence-electron chi connectivity index (χ3n) is 8.97. The van der Waals surface area contributed by atoms with Crippen molar-refractivity contribution < 1.29 is 0 Å². The number of nitrogens with one attached hydrogen (secondary N) is 2. The molecular formula is C37H28N4. The van der Waals surface area contributed by atoms with E-state index in [1.54, 1.807) is 0 Å². The van der Waals surface area contributed by atoms with E-state index in [9.17, 15) is 0 Å². The van der Waals surface area contributed by atoms with Crippen LogP contribution in [0.2, 0.25) is 0 Å². The molecule has 2 N–H and O–H groups in total. The smallest absolute Gasteiger partial charge is 0.109 e. The zero-order valence-electron chi connectivity index (χ0n) is 22.8. The fraction of sp³-hybridized carbons (Fsp3) is 0.108. The van der Waals surface area contributed by atoms with Crippen molar-refractivity contribution in [3.63, 3.8) is 0 Å². The maximum absolute atomic E-state index is 8.52. The number of hydrogen-bond acceptors (Lipinski definition) is 4. The Kier molecular flexibility index (Phi) is 5.20. The van der Waals surface area contributed by atoms with Crippen LogP contribution in [0.3, 0.4) is 0 Å². The molecule has 0 amide bonds. The van der Waals surface area contributed by atoms with Gasteiger partial charge in [-0.05, 0) is 93.8 Å². The number of aromatic nitrogens is 1. The molecule has 4 nitrogen and oxygen atoms in total. The van der Waals surface area contributed by atoms with Crippen LogP contribution in [0.5, 0.6) is 0 Å². The fourth-order valence-electron chi connectivity index (χ4n) is 6.88. The molecule has 5 aromatic rings. The normalized spacial score (nSPS) is 19.4. The Morgan fingerprint density at radius 1 is 0.829 bits per heavy atom. The molecule has 1 atom stereocenters. The van der Waals surface area contributed by atoms with Crippen LogP contribution in [-0.4, -0.2) is 16.4 Å². The van der Waals surface area contributed by atoms with Crippen LogP contribution in [0.15, 0.2) is 121 Å². The van der Waals surface area contributed by atoms with Gasteiger partial charge in [0.25, 0.3) is 0 Å². The van der Waals surface area contributed by atoms with Gasteiger partial charge >= 0.3 is 0 Å². The number of hydrazone groups is 1. The van der Waals surface area contributed by atoms with Gasteiger partial charge in [-0.2, -0.15) is 5.10 Å². The lowest BCUT2D eigenvalue weighted by molar-refractivity contribution is 0.579. The van der Waals surface area contributed by atoms with E-state index in [1.165, 1.54) is 33.4 Å². The summed E-state index contributed by atoms with van der Waals surface area (Å²) in [6.45, 7) is 2.40. The summed E-state index contributed by atoms with van der Waals surface area (Å²) in [5.41, 5.74) is 17.8. The van der Waals surface area contributed by atoms with E-state index in [4.69, 9.17) is 5.41 Å². The summed E-state index contributed by atoms with van der Waals surface area (Å²) in [5.74, 6) is 0. The molecule has 1 aromatic heterocycles. The molecule has 4 heteroatoms. The molecule has 0 fully saturated rings. The third-order valence-corrected chi connectivity index (χ3v) is 8.97. The van der Waals surface area contributed by atoms with E-state index >= 15 is 0 Å². The number of nitrogens with zero attached hydrogens (tertiary/aromatic N) is 2. The van der Waals surface area contributed by atoms with Crippen molar-refractivity contribution in [1.29, 1.82) is 5.41 Å². The highest BCUT2D eigenvalue weighted by atomic mass is 15.3. The summed E-state index contributed by atoms with van der Waals surface area (Å²) in [4.78, 5) is 4.59. The molecule has 0 saturated heterocycles. The number of anilines is 1. The molecule has 3 aliphatic carbocycles. The van der Waals surface area contributed by atoms with Gasteiger partial charge in [0.2, 0.25) is 0 Å². The fourth-order valence-corrected chi connectivity index (χ4v) is 6.88. The number of para-hydroxylation sites is 1. The molecule has 0 spiro atoms. The number of benzene rings is 4. The zero-order valence-corrected chi connectivity index (χ0v) is 22.8. The Morgan fingerprint density at radius 2 is 1.63 bits per heavy atom. The van der Waals surface area contributed by atoms with Crippen molar-refractivity contribution >= 4 is 33.6 Å². The minimum atomic E-state index is 0.0798. The van der Waals surface area contributed by atoms with Crippen LogP contribution >= 0.6 is 0 Å². The first kappa shape index (κ1) is 23.8. The van der Waals surface area contributed by atoms with Gasteiger partial charge in [-0.1, -0.05) is 79.7 Å². The summed E-state index contributed by atoms with van der Waals surface area (Å²) in [6.07, 6.45) is 10.1. The first-order chi connectivity index (χ1) is 20.1. The number of fused-ring (bicyclic) bond motifs is 4. The number of rotatable bonds is 4. The molecule has 3 aliphatic rings. The lowest BCUT2D eigenvalue weighted by atomic mass is 9.81. The van der Waals surface area contributed by atoms with Gasteiger partial charge in [0.05, 0.1) is 16.9 Å². The predicted molar refractivity (Wildman–Crippen MR) is 170 cm³/mol. The van der Waals surface area contributed by atoms with Gasteiger partial charge < -0.3 is 0 Å². The SMILES string of the molecule is CC12CCc3c(C4=C/C(=N/Nc5ccc(-c6cnc7ccccc7c6)cc5)C(=N)C=C4)ccc(c31)-c1ccccc12. The molecule has 0 radical (unpaired) electrons. The van der Waals surface area contributed by atoms with Crippen LogP contribution in [0.1, 0.15) is 35.6 Å². The first-order valence-corrected chi connectivity index (χ1v) is 14.1. The topological polar surface area (TPSA) is 61.1 Å². The number of allylic oxidation sites excluding steroid dienone is 4. The average Bonchev–Trinajstić information content (AvgIpc) is 3.51. The molecule has 1 heterocycles. The molecule has 41 heavy (non-hydrogen) atoms. The maximum Gasteiger partial charge on any atom is 0.109 e. The van der Waals surface area contributed by atoms with Crippen molar-refractivity contribution in [3.05, 3.63) is 138 Å². The summed E-state index contributed by atoms with van der Waals surface area (Å²) < 4.78 is 0. The second-order valence-electron chi connectivity index (χ2n) is 11.3. The lowest BCUT2D eigenvalue weighted by Gasteiger charge is -2.22. The zero-order chi connectivity index (χ0) is 27.6. The van der Waals surface area contributed by atoms with Gasteiger partial charge in [-0.25, -0.2) is 0 Å². The Balaban J connectivity index is 1.08. The minimum absolute atomic E-state index is 0.0798. The predicted octanol–water partition coefficient (Wildman–Crippen LogP) is 8.58. The highest BCUT2D eigenvalue weighted by Crippen LogP contribution is 2.57. The molecule has 0 aliphatic heterocycles. The third kappa shape index (κ3) is 3.71. The van der Waals surface area contributed by atoms with Crippen LogP contribution in [-0.2, 0) is 11.8 Å². The summed E-state index contributed by atoms with van der Waals surface area (Å²) in [6, 6.07) is 31.9. The van der Waals surface area contributed by atoms with Gasteiger partial charge in [-0.15, -0.1) is 0 Å². The second kappa shape index (κ2) is 8.97. The van der Waals surface area contributed by atoms with Crippen molar-refractivity contribution in [2.75, 3.05) is 5.43 Å². The van der Waals surface area contributed by atoms with Crippen molar-refractivity contribution in [2.45, 2.75) is 25.2 Å². The molecule has 196 valence electrons. The van der Waals surface area contributed by atoms with Crippen molar-refractivity contribution in [1.82, 2.24) is 4.98 Å². The standard InChI is InChI=1S/C37H28N4/c1-37-19-18-31-28(15-16-30(36(31)37)29-7-3-4-8-32(29)37)24-12-17-33(38)35(21-24)41-40-27-13-10-23(11-14-27)26-20-25-6-2-5-9-34(25)39-22-26/h2-17,20-22,38,40H,18-19H2,1H3/b38-33?,41-35-. The highest BCUT2D eigenvalue weighted by Gasteiger charge is 2.45. The molecule has 0 saturated carbocycles. The van der Waals surface area contributed by atoms with Crippen LogP contribution in [0, 0.1) is 5.41 Å². The van der Waals surface area contributed by atoms with E-state index in [0.717, 1.165) is 46.1 Å². The van der Waals surface area contributed by atoms with Crippen LogP contribution in [0.25, 0.3) is 38.7 Å².